The molecular formula is C21H25ClN4. The lowest BCUT2D eigenvalue weighted by Crippen LogP contribution is -2.34. The van der Waals surface area contributed by atoms with Crippen molar-refractivity contribution in [1.29, 1.82) is 0 Å². The number of halogens is 1. The van der Waals surface area contributed by atoms with Crippen LogP contribution in [-0.4, -0.2) is 33.0 Å². The molecule has 0 radical (unpaired) electrons. The zero-order valence-corrected chi connectivity index (χ0v) is 15.7. The Kier molecular flexibility index (Phi) is 6.42. The summed E-state index contributed by atoms with van der Waals surface area (Å²) in [5, 5.41) is 9.03. The van der Waals surface area contributed by atoms with Crippen LogP contribution in [0.3, 0.4) is 0 Å². The van der Waals surface area contributed by atoms with Gasteiger partial charge in [-0.25, -0.2) is 0 Å². The maximum Gasteiger partial charge on any atom is 0.0971 e. The summed E-state index contributed by atoms with van der Waals surface area (Å²) < 4.78 is 0. The van der Waals surface area contributed by atoms with Crippen LogP contribution in [0.1, 0.15) is 24.1 Å². The Bertz CT molecular complexity index is 780. The minimum absolute atomic E-state index is 0. The van der Waals surface area contributed by atoms with Crippen LogP contribution in [0.2, 0.25) is 0 Å². The van der Waals surface area contributed by atoms with Crippen molar-refractivity contribution in [2.24, 2.45) is 5.92 Å². The Morgan fingerprint density at radius 3 is 2.23 bits per heavy atom. The second kappa shape index (κ2) is 8.97. The van der Waals surface area contributed by atoms with Gasteiger partial charge in [-0.1, -0.05) is 48.5 Å². The van der Waals surface area contributed by atoms with Crippen molar-refractivity contribution in [3.05, 3.63) is 78.1 Å². The van der Waals surface area contributed by atoms with Crippen LogP contribution in [0, 0.1) is 5.92 Å². The molecule has 0 atom stereocenters. The lowest BCUT2D eigenvalue weighted by Gasteiger charge is -2.31. The number of nitrogens with zero attached hydrogens (tertiary/aromatic N) is 4. The van der Waals surface area contributed by atoms with E-state index in [-0.39, 0.29) is 12.4 Å². The van der Waals surface area contributed by atoms with Crippen LogP contribution in [0.4, 0.5) is 0 Å². The molecule has 1 aromatic heterocycles. The van der Waals surface area contributed by atoms with Crippen LogP contribution in [0.15, 0.2) is 66.9 Å². The summed E-state index contributed by atoms with van der Waals surface area (Å²) in [5.41, 5.74) is 3.52. The van der Waals surface area contributed by atoms with E-state index >= 15 is 0 Å². The van der Waals surface area contributed by atoms with Gasteiger partial charge < -0.3 is 0 Å². The van der Waals surface area contributed by atoms with Crippen molar-refractivity contribution in [2.45, 2.75) is 25.8 Å². The van der Waals surface area contributed by atoms with Gasteiger partial charge in [-0.05, 0) is 56.0 Å². The summed E-state index contributed by atoms with van der Waals surface area (Å²) in [6, 6.07) is 20.9. The van der Waals surface area contributed by atoms with Crippen molar-refractivity contribution in [3.63, 3.8) is 0 Å². The molecule has 0 spiro atoms. The van der Waals surface area contributed by atoms with Crippen LogP contribution in [0.5, 0.6) is 0 Å². The highest BCUT2D eigenvalue weighted by Gasteiger charge is 2.20. The van der Waals surface area contributed by atoms with E-state index in [1.165, 1.54) is 24.8 Å². The molecule has 4 rings (SSSR count). The molecule has 0 saturated carbocycles. The Morgan fingerprint density at radius 1 is 0.885 bits per heavy atom. The number of likely N-dealkylation sites (tertiary alicyclic amines) is 1. The third-order valence-electron chi connectivity index (χ3n) is 4.99. The van der Waals surface area contributed by atoms with Crippen molar-refractivity contribution in [2.75, 3.05) is 13.1 Å². The molecule has 1 saturated heterocycles. The highest BCUT2D eigenvalue weighted by molar-refractivity contribution is 5.85. The molecule has 0 unspecified atom stereocenters. The first-order chi connectivity index (χ1) is 12.4. The third kappa shape index (κ3) is 4.71. The number of rotatable bonds is 5. The topological polar surface area (TPSA) is 34.0 Å². The summed E-state index contributed by atoms with van der Waals surface area (Å²) >= 11 is 0. The lowest BCUT2D eigenvalue weighted by molar-refractivity contribution is 0.175. The van der Waals surface area contributed by atoms with E-state index in [1.54, 1.807) is 4.80 Å². The zero-order valence-electron chi connectivity index (χ0n) is 14.9. The van der Waals surface area contributed by atoms with Crippen molar-refractivity contribution in [1.82, 2.24) is 19.9 Å². The van der Waals surface area contributed by atoms with Gasteiger partial charge >= 0.3 is 0 Å². The average Bonchev–Trinajstić information content (AvgIpc) is 3.14. The third-order valence-corrected chi connectivity index (χ3v) is 4.99. The van der Waals surface area contributed by atoms with Gasteiger partial charge in [0.2, 0.25) is 0 Å². The molecular weight excluding hydrogens is 344 g/mol. The quantitative estimate of drug-likeness (QED) is 0.678. The molecule has 26 heavy (non-hydrogen) atoms. The summed E-state index contributed by atoms with van der Waals surface area (Å²) in [5.74, 6) is 0.804. The number of piperidine rings is 1. The van der Waals surface area contributed by atoms with E-state index in [1.807, 2.05) is 36.5 Å². The largest absolute Gasteiger partial charge is 0.297 e. The molecule has 1 aliphatic rings. The maximum absolute atomic E-state index is 4.63. The van der Waals surface area contributed by atoms with Crippen molar-refractivity contribution in [3.8, 4) is 5.69 Å². The van der Waals surface area contributed by atoms with Crippen molar-refractivity contribution >= 4 is 12.4 Å². The molecule has 2 aromatic carbocycles. The summed E-state index contributed by atoms with van der Waals surface area (Å²) in [6.07, 6.45) is 5.63. The van der Waals surface area contributed by atoms with Crippen LogP contribution in [0.25, 0.3) is 5.69 Å². The minimum Gasteiger partial charge on any atom is -0.297 e. The van der Waals surface area contributed by atoms with Gasteiger partial charge in [-0.15, -0.1) is 12.4 Å². The molecule has 3 aromatic rings. The second-order valence-corrected chi connectivity index (χ2v) is 6.87. The number of benzene rings is 2. The molecule has 0 amide bonds. The van der Waals surface area contributed by atoms with Gasteiger partial charge in [0.25, 0.3) is 0 Å². The van der Waals surface area contributed by atoms with E-state index in [4.69, 9.17) is 0 Å². The minimum atomic E-state index is 0. The monoisotopic (exact) mass is 368 g/mol. The van der Waals surface area contributed by atoms with Crippen molar-refractivity contribution < 1.29 is 0 Å². The first kappa shape index (κ1) is 18.6. The SMILES string of the molecule is Cl.c1ccc(CC2CCN(Cc3cnn(-c4ccccc4)n3)CC2)cc1. The first-order valence-electron chi connectivity index (χ1n) is 9.10. The Balaban J connectivity index is 0.00000196. The second-order valence-electron chi connectivity index (χ2n) is 6.87. The molecule has 0 bridgehead atoms. The standard InChI is InChI=1S/C21H24N4.ClH/c1-3-7-18(8-4-1)15-19-11-13-24(14-12-19)17-20-16-22-25(23-20)21-9-5-2-6-10-21;/h1-10,16,19H,11-15,17H2;1H. The van der Waals surface area contributed by atoms with E-state index in [0.717, 1.165) is 36.9 Å². The summed E-state index contributed by atoms with van der Waals surface area (Å²) in [6.45, 7) is 3.19. The van der Waals surface area contributed by atoms with Gasteiger partial charge in [0.15, 0.2) is 0 Å². The number of aromatic nitrogens is 3. The highest BCUT2D eigenvalue weighted by Crippen LogP contribution is 2.22. The fourth-order valence-electron chi connectivity index (χ4n) is 3.58. The highest BCUT2D eigenvalue weighted by atomic mass is 35.5. The van der Waals surface area contributed by atoms with Gasteiger partial charge in [-0.2, -0.15) is 15.0 Å². The number of para-hydroxylation sites is 1. The fourth-order valence-corrected chi connectivity index (χ4v) is 3.58. The van der Waals surface area contributed by atoms with E-state index in [0.29, 0.717) is 0 Å². The van der Waals surface area contributed by atoms with Crippen LogP contribution < -0.4 is 0 Å². The molecule has 4 nitrogen and oxygen atoms in total. The number of hydrogen-bond acceptors (Lipinski definition) is 3. The van der Waals surface area contributed by atoms with Gasteiger partial charge in [0, 0.05) is 6.54 Å². The van der Waals surface area contributed by atoms with Crippen LogP contribution >= 0.6 is 12.4 Å². The zero-order chi connectivity index (χ0) is 16.9. The summed E-state index contributed by atoms with van der Waals surface area (Å²) in [4.78, 5) is 4.22. The first-order valence-corrected chi connectivity index (χ1v) is 9.10. The maximum atomic E-state index is 4.63. The molecule has 2 heterocycles. The van der Waals surface area contributed by atoms with Gasteiger partial charge in [0.1, 0.15) is 0 Å². The predicted molar refractivity (Wildman–Crippen MR) is 107 cm³/mol. The smallest absolute Gasteiger partial charge is 0.0971 e. The average molecular weight is 369 g/mol. The molecule has 0 aliphatic carbocycles. The fraction of sp³-hybridized carbons (Fsp3) is 0.333. The Labute approximate surface area is 161 Å². The number of hydrogen-bond donors (Lipinski definition) is 0. The van der Waals surface area contributed by atoms with Gasteiger partial charge in [0.05, 0.1) is 17.6 Å². The summed E-state index contributed by atoms with van der Waals surface area (Å²) in [7, 11) is 0. The van der Waals surface area contributed by atoms with E-state index in [9.17, 15) is 0 Å². The molecule has 0 N–H and O–H groups in total. The Hall–Kier alpha value is -2.17. The van der Waals surface area contributed by atoms with E-state index in [2.05, 4.69) is 45.4 Å². The molecule has 1 fully saturated rings. The molecule has 136 valence electrons. The predicted octanol–water partition coefficient (Wildman–Crippen LogP) is 4.14. The molecule has 1 aliphatic heterocycles. The van der Waals surface area contributed by atoms with Gasteiger partial charge in [-0.3, -0.25) is 4.90 Å². The normalized spacial score (nSPS) is 15.5. The van der Waals surface area contributed by atoms with E-state index < -0.39 is 0 Å². The van der Waals surface area contributed by atoms with Crippen LogP contribution in [-0.2, 0) is 13.0 Å². The lowest BCUT2D eigenvalue weighted by atomic mass is 9.90. The Morgan fingerprint density at radius 2 is 1.54 bits per heavy atom. The molecule has 5 heteroatoms.